The van der Waals surface area contributed by atoms with Crippen LogP contribution in [-0.2, 0) is 0 Å². The fourth-order valence-corrected chi connectivity index (χ4v) is 2.80. The maximum absolute atomic E-state index is 4.68. The maximum atomic E-state index is 4.68. The van der Waals surface area contributed by atoms with Gasteiger partial charge in [-0.1, -0.05) is 6.92 Å². The van der Waals surface area contributed by atoms with E-state index in [1.54, 1.807) is 6.33 Å². The fourth-order valence-electron chi connectivity index (χ4n) is 2.80. The van der Waals surface area contributed by atoms with Gasteiger partial charge >= 0.3 is 0 Å². The van der Waals surface area contributed by atoms with Gasteiger partial charge in [-0.3, -0.25) is 0 Å². The summed E-state index contributed by atoms with van der Waals surface area (Å²) in [6.07, 6.45) is 5.31. The highest BCUT2D eigenvalue weighted by molar-refractivity contribution is 5.84. The second kappa shape index (κ2) is 5.03. The maximum Gasteiger partial charge on any atom is 0.226 e. The van der Waals surface area contributed by atoms with Crippen molar-refractivity contribution in [3.63, 3.8) is 0 Å². The molecule has 3 rings (SSSR count). The Morgan fingerprint density at radius 3 is 3.11 bits per heavy atom. The molecule has 1 unspecified atom stereocenters. The third-order valence-corrected chi connectivity index (χ3v) is 3.72. The van der Waals surface area contributed by atoms with E-state index in [0.717, 1.165) is 36.5 Å². The monoisotopic (exact) mass is 260 g/mol. The van der Waals surface area contributed by atoms with Gasteiger partial charge < -0.3 is 15.2 Å². The summed E-state index contributed by atoms with van der Waals surface area (Å²) in [6.45, 7) is 6.16. The Morgan fingerprint density at radius 2 is 2.32 bits per heavy atom. The summed E-state index contributed by atoms with van der Waals surface area (Å²) < 4.78 is 0. The molecule has 1 aliphatic heterocycles. The van der Waals surface area contributed by atoms with Crippen molar-refractivity contribution in [2.24, 2.45) is 0 Å². The molecular weight excluding hydrogens is 240 g/mol. The second-order valence-corrected chi connectivity index (χ2v) is 4.90. The molecule has 3 heterocycles. The number of nitrogens with one attached hydrogen (secondary N) is 2. The molecule has 6 nitrogen and oxygen atoms in total. The molecule has 1 atom stereocenters. The standard InChI is InChI=1S/C13H20N6/c1-3-9-6-5-7-19(9)12-10-11(16-8-15-10)17-13(18-12)14-4-2/h8-9H,3-7H2,1-2H3,(H2,14,15,16,17,18). The molecule has 0 saturated carbocycles. The van der Waals surface area contributed by atoms with Crippen LogP contribution in [0.15, 0.2) is 6.33 Å². The summed E-state index contributed by atoms with van der Waals surface area (Å²) in [7, 11) is 0. The first kappa shape index (κ1) is 12.2. The third kappa shape index (κ3) is 2.11. The van der Waals surface area contributed by atoms with Crippen LogP contribution in [0.5, 0.6) is 0 Å². The Bertz CT molecular complexity index is 563. The van der Waals surface area contributed by atoms with Crippen LogP contribution in [-0.4, -0.2) is 39.1 Å². The predicted octanol–water partition coefficient (Wildman–Crippen LogP) is 2.16. The van der Waals surface area contributed by atoms with E-state index in [4.69, 9.17) is 0 Å². The van der Waals surface area contributed by atoms with Crippen LogP contribution >= 0.6 is 0 Å². The quantitative estimate of drug-likeness (QED) is 0.881. The lowest BCUT2D eigenvalue weighted by atomic mass is 10.2. The van der Waals surface area contributed by atoms with Gasteiger partial charge in [0.2, 0.25) is 5.95 Å². The van der Waals surface area contributed by atoms with Gasteiger partial charge in [-0.15, -0.1) is 0 Å². The molecule has 1 fully saturated rings. The van der Waals surface area contributed by atoms with Crippen LogP contribution in [0.1, 0.15) is 33.1 Å². The van der Waals surface area contributed by atoms with Crippen molar-refractivity contribution in [2.75, 3.05) is 23.3 Å². The summed E-state index contributed by atoms with van der Waals surface area (Å²) in [5.41, 5.74) is 1.68. The minimum Gasteiger partial charge on any atom is -0.354 e. The first-order valence-electron chi connectivity index (χ1n) is 7.05. The molecule has 19 heavy (non-hydrogen) atoms. The van der Waals surface area contributed by atoms with Crippen molar-refractivity contribution in [1.29, 1.82) is 0 Å². The lowest BCUT2D eigenvalue weighted by molar-refractivity contribution is 0.641. The van der Waals surface area contributed by atoms with E-state index >= 15 is 0 Å². The Morgan fingerprint density at radius 1 is 1.42 bits per heavy atom. The number of H-pyrrole nitrogens is 1. The topological polar surface area (TPSA) is 69.7 Å². The average Bonchev–Trinajstić information content (AvgIpc) is 3.06. The number of imidazole rings is 1. The average molecular weight is 260 g/mol. The Labute approximate surface area is 112 Å². The highest BCUT2D eigenvalue weighted by atomic mass is 15.3. The number of hydrogen-bond donors (Lipinski definition) is 2. The Kier molecular flexibility index (Phi) is 3.23. The van der Waals surface area contributed by atoms with E-state index in [9.17, 15) is 0 Å². The van der Waals surface area contributed by atoms with Crippen molar-refractivity contribution in [1.82, 2.24) is 19.9 Å². The molecule has 0 aromatic carbocycles. The first-order valence-corrected chi connectivity index (χ1v) is 7.05. The molecule has 0 spiro atoms. The zero-order valence-electron chi connectivity index (χ0n) is 11.5. The molecule has 0 amide bonds. The number of aromatic amines is 1. The molecule has 102 valence electrons. The summed E-state index contributed by atoms with van der Waals surface area (Å²) in [5.74, 6) is 1.65. The van der Waals surface area contributed by atoms with Crippen molar-refractivity contribution < 1.29 is 0 Å². The summed E-state index contributed by atoms with van der Waals surface area (Å²) in [5, 5.41) is 3.18. The SMILES string of the molecule is CCNc1nc(N2CCCC2CC)c2[nH]cnc2n1. The second-order valence-electron chi connectivity index (χ2n) is 4.90. The normalized spacial score (nSPS) is 19.3. The number of aromatic nitrogens is 4. The molecular formula is C13H20N6. The number of hydrogen-bond acceptors (Lipinski definition) is 5. The van der Waals surface area contributed by atoms with Crippen molar-refractivity contribution >= 4 is 22.9 Å². The fraction of sp³-hybridized carbons (Fsp3) is 0.615. The molecule has 2 N–H and O–H groups in total. The summed E-state index contributed by atoms with van der Waals surface area (Å²) in [6, 6.07) is 0.580. The van der Waals surface area contributed by atoms with Crippen LogP contribution < -0.4 is 10.2 Å². The van der Waals surface area contributed by atoms with E-state index < -0.39 is 0 Å². The molecule has 1 saturated heterocycles. The molecule has 1 aliphatic rings. The number of rotatable bonds is 4. The van der Waals surface area contributed by atoms with Gasteiger partial charge in [0, 0.05) is 19.1 Å². The zero-order chi connectivity index (χ0) is 13.2. The lowest BCUT2D eigenvalue weighted by Crippen LogP contribution is -2.29. The van der Waals surface area contributed by atoms with Gasteiger partial charge in [0.15, 0.2) is 11.5 Å². The lowest BCUT2D eigenvalue weighted by Gasteiger charge is -2.25. The van der Waals surface area contributed by atoms with Gasteiger partial charge in [-0.25, -0.2) is 4.98 Å². The first-order chi connectivity index (χ1) is 9.33. The molecule has 0 radical (unpaired) electrons. The number of nitrogens with zero attached hydrogens (tertiary/aromatic N) is 4. The van der Waals surface area contributed by atoms with E-state index in [-0.39, 0.29) is 0 Å². The molecule has 0 aliphatic carbocycles. The van der Waals surface area contributed by atoms with Crippen LogP contribution in [0.2, 0.25) is 0 Å². The van der Waals surface area contributed by atoms with Crippen molar-refractivity contribution in [3.05, 3.63) is 6.33 Å². The van der Waals surface area contributed by atoms with E-state index in [0.29, 0.717) is 12.0 Å². The largest absolute Gasteiger partial charge is 0.354 e. The Hall–Kier alpha value is -1.85. The molecule has 2 aromatic rings. The van der Waals surface area contributed by atoms with E-state index in [1.807, 2.05) is 6.92 Å². The zero-order valence-corrected chi connectivity index (χ0v) is 11.5. The van der Waals surface area contributed by atoms with E-state index in [2.05, 4.69) is 37.1 Å². The number of anilines is 2. The molecule has 2 aromatic heterocycles. The molecule has 6 heteroatoms. The van der Waals surface area contributed by atoms with Gasteiger partial charge in [0.05, 0.1) is 6.33 Å². The van der Waals surface area contributed by atoms with Crippen LogP contribution in [0.3, 0.4) is 0 Å². The number of fused-ring (bicyclic) bond motifs is 1. The summed E-state index contributed by atoms with van der Waals surface area (Å²) >= 11 is 0. The highest BCUT2D eigenvalue weighted by Gasteiger charge is 2.26. The van der Waals surface area contributed by atoms with Crippen molar-refractivity contribution in [2.45, 2.75) is 39.2 Å². The Balaban J connectivity index is 2.07. The van der Waals surface area contributed by atoms with Gasteiger partial charge in [0.25, 0.3) is 0 Å². The van der Waals surface area contributed by atoms with Crippen LogP contribution in [0.25, 0.3) is 11.2 Å². The third-order valence-electron chi connectivity index (χ3n) is 3.72. The van der Waals surface area contributed by atoms with Crippen molar-refractivity contribution in [3.8, 4) is 0 Å². The molecule has 0 bridgehead atoms. The summed E-state index contributed by atoms with van der Waals surface area (Å²) in [4.78, 5) is 18.9. The highest BCUT2D eigenvalue weighted by Crippen LogP contribution is 2.30. The van der Waals surface area contributed by atoms with Crippen LogP contribution in [0, 0.1) is 0 Å². The van der Waals surface area contributed by atoms with Gasteiger partial charge in [-0.05, 0) is 26.2 Å². The minimum absolute atomic E-state index is 0.580. The smallest absolute Gasteiger partial charge is 0.226 e. The van der Waals surface area contributed by atoms with Gasteiger partial charge in [0.1, 0.15) is 5.52 Å². The van der Waals surface area contributed by atoms with E-state index in [1.165, 1.54) is 12.8 Å². The van der Waals surface area contributed by atoms with Gasteiger partial charge in [-0.2, -0.15) is 9.97 Å². The van der Waals surface area contributed by atoms with Crippen LogP contribution in [0.4, 0.5) is 11.8 Å². The predicted molar refractivity (Wildman–Crippen MR) is 76.5 cm³/mol. The minimum atomic E-state index is 0.580.